The van der Waals surface area contributed by atoms with Crippen molar-refractivity contribution in [2.75, 3.05) is 13.1 Å². The summed E-state index contributed by atoms with van der Waals surface area (Å²) < 4.78 is 0. The molecule has 0 spiro atoms. The fourth-order valence-corrected chi connectivity index (χ4v) is 3.12. The average Bonchev–Trinajstić information content (AvgIpc) is 3.17. The van der Waals surface area contributed by atoms with E-state index in [2.05, 4.69) is 5.32 Å². The van der Waals surface area contributed by atoms with Gasteiger partial charge in [0.05, 0.1) is 0 Å². The van der Waals surface area contributed by atoms with Crippen molar-refractivity contribution in [2.24, 2.45) is 5.73 Å². The molecule has 25 heavy (non-hydrogen) atoms. The van der Waals surface area contributed by atoms with Crippen LogP contribution in [0.1, 0.15) is 40.4 Å². The zero-order valence-electron chi connectivity index (χ0n) is 14.2. The lowest BCUT2D eigenvalue weighted by Gasteiger charge is -2.17. The van der Waals surface area contributed by atoms with E-state index in [1.165, 1.54) is 0 Å². The molecule has 5 heteroatoms. The summed E-state index contributed by atoms with van der Waals surface area (Å²) in [6.07, 6.45) is 2.17. The van der Waals surface area contributed by atoms with Crippen LogP contribution in [0.15, 0.2) is 54.6 Å². The van der Waals surface area contributed by atoms with Gasteiger partial charge in [0, 0.05) is 25.2 Å². The molecule has 1 unspecified atom stereocenters. The van der Waals surface area contributed by atoms with E-state index >= 15 is 0 Å². The van der Waals surface area contributed by atoms with Crippen LogP contribution in [0.3, 0.4) is 0 Å². The van der Waals surface area contributed by atoms with Crippen molar-refractivity contribution >= 4 is 11.8 Å². The molecule has 1 atom stereocenters. The highest BCUT2D eigenvalue weighted by atomic mass is 16.2. The summed E-state index contributed by atoms with van der Waals surface area (Å²) in [6, 6.07) is 16.4. The molecule has 1 heterocycles. The topological polar surface area (TPSA) is 75.4 Å². The van der Waals surface area contributed by atoms with E-state index in [1.54, 1.807) is 0 Å². The molecule has 5 nitrogen and oxygen atoms in total. The molecule has 0 radical (unpaired) electrons. The Morgan fingerprint density at radius 1 is 1.00 bits per heavy atom. The third-order valence-corrected chi connectivity index (χ3v) is 4.52. The van der Waals surface area contributed by atoms with Gasteiger partial charge in [0.1, 0.15) is 6.04 Å². The minimum atomic E-state index is -0.535. The Morgan fingerprint density at radius 3 is 2.24 bits per heavy atom. The Kier molecular flexibility index (Phi) is 5.46. The standard InChI is InChI=1S/C20H23N3O2/c21-19(24)18(16-6-2-1-3-7-16)22-14-15-8-10-17(11-9-15)20(25)23-12-4-5-13-23/h1-3,6-11,18,22H,4-5,12-14H2,(H2,21,24). The Bertz CT molecular complexity index is 722. The summed E-state index contributed by atoms with van der Waals surface area (Å²) in [6.45, 7) is 2.19. The van der Waals surface area contributed by atoms with Gasteiger partial charge in [0.2, 0.25) is 5.91 Å². The maximum Gasteiger partial charge on any atom is 0.253 e. The maximum atomic E-state index is 12.3. The highest BCUT2D eigenvalue weighted by Gasteiger charge is 2.19. The lowest BCUT2D eigenvalue weighted by Crippen LogP contribution is -2.33. The average molecular weight is 337 g/mol. The summed E-state index contributed by atoms with van der Waals surface area (Å²) in [5, 5.41) is 3.19. The second-order valence-electron chi connectivity index (χ2n) is 6.32. The monoisotopic (exact) mass is 337 g/mol. The lowest BCUT2D eigenvalue weighted by molar-refractivity contribution is -0.120. The van der Waals surface area contributed by atoms with E-state index in [9.17, 15) is 9.59 Å². The highest BCUT2D eigenvalue weighted by Crippen LogP contribution is 2.15. The van der Waals surface area contributed by atoms with E-state index in [4.69, 9.17) is 5.73 Å². The molecule has 1 saturated heterocycles. The van der Waals surface area contributed by atoms with Crippen molar-refractivity contribution in [3.8, 4) is 0 Å². The molecular weight excluding hydrogens is 314 g/mol. The van der Waals surface area contributed by atoms with Crippen molar-refractivity contribution < 1.29 is 9.59 Å². The first-order chi connectivity index (χ1) is 12.1. The van der Waals surface area contributed by atoms with Crippen LogP contribution < -0.4 is 11.1 Å². The highest BCUT2D eigenvalue weighted by molar-refractivity contribution is 5.94. The molecule has 1 aliphatic heterocycles. The molecule has 2 aromatic carbocycles. The van der Waals surface area contributed by atoms with Gasteiger partial charge >= 0.3 is 0 Å². The summed E-state index contributed by atoms with van der Waals surface area (Å²) >= 11 is 0. The Hall–Kier alpha value is -2.66. The van der Waals surface area contributed by atoms with Crippen LogP contribution in [0.5, 0.6) is 0 Å². The quantitative estimate of drug-likeness (QED) is 0.849. The van der Waals surface area contributed by atoms with Crippen LogP contribution in [0.4, 0.5) is 0 Å². The van der Waals surface area contributed by atoms with Gasteiger partial charge in [-0.25, -0.2) is 0 Å². The predicted molar refractivity (Wildman–Crippen MR) is 96.8 cm³/mol. The molecule has 2 aromatic rings. The minimum Gasteiger partial charge on any atom is -0.368 e. The van der Waals surface area contributed by atoms with Gasteiger partial charge in [-0.15, -0.1) is 0 Å². The molecule has 1 aliphatic rings. The molecule has 2 amide bonds. The van der Waals surface area contributed by atoms with Crippen molar-refractivity contribution in [1.29, 1.82) is 0 Å². The van der Waals surface area contributed by atoms with E-state index in [-0.39, 0.29) is 5.91 Å². The fourth-order valence-electron chi connectivity index (χ4n) is 3.12. The summed E-state index contributed by atoms with van der Waals surface area (Å²) in [7, 11) is 0. The third kappa shape index (κ3) is 4.25. The van der Waals surface area contributed by atoms with Gasteiger partial charge in [-0.05, 0) is 36.1 Å². The first-order valence-corrected chi connectivity index (χ1v) is 8.61. The number of nitrogens with zero attached hydrogens (tertiary/aromatic N) is 1. The second-order valence-corrected chi connectivity index (χ2v) is 6.32. The molecule has 0 aromatic heterocycles. The molecule has 130 valence electrons. The molecule has 3 rings (SSSR count). The molecule has 0 saturated carbocycles. The van der Waals surface area contributed by atoms with Crippen LogP contribution in [0.25, 0.3) is 0 Å². The maximum absolute atomic E-state index is 12.3. The van der Waals surface area contributed by atoms with Gasteiger partial charge < -0.3 is 10.6 Å². The van der Waals surface area contributed by atoms with Crippen molar-refractivity contribution in [3.05, 3.63) is 71.3 Å². The van der Waals surface area contributed by atoms with E-state index in [0.717, 1.165) is 37.1 Å². The van der Waals surface area contributed by atoms with E-state index < -0.39 is 11.9 Å². The molecule has 3 N–H and O–H groups in total. The number of hydrogen-bond donors (Lipinski definition) is 2. The second kappa shape index (κ2) is 7.94. The van der Waals surface area contributed by atoms with Gasteiger partial charge in [0.25, 0.3) is 5.91 Å². The first kappa shape index (κ1) is 17.2. The van der Waals surface area contributed by atoms with Crippen LogP contribution in [0.2, 0.25) is 0 Å². The van der Waals surface area contributed by atoms with Gasteiger partial charge in [-0.2, -0.15) is 0 Å². The lowest BCUT2D eigenvalue weighted by atomic mass is 10.1. The minimum absolute atomic E-state index is 0.0938. The number of hydrogen-bond acceptors (Lipinski definition) is 3. The fraction of sp³-hybridized carbons (Fsp3) is 0.300. The zero-order valence-corrected chi connectivity index (χ0v) is 14.2. The molecular formula is C20H23N3O2. The Balaban J connectivity index is 1.62. The number of primary amides is 1. The number of rotatable bonds is 6. The summed E-state index contributed by atoms with van der Waals surface area (Å²) in [5.41, 5.74) is 8.07. The van der Waals surface area contributed by atoms with Crippen LogP contribution >= 0.6 is 0 Å². The van der Waals surface area contributed by atoms with Crippen LogP contribution in [-0.4, -0.2) is 29.8 Å². The van der Waals surface area contributed by atoms with Crippen molar-refractivity contribution in [2.45, 2.75) is 25.4 Å². The normalized spacial score (nSPS) is 15.1. The van der Waals surface area contributed by atoms with Gasteiger partial charge in [-0.1, -0.05) is 42.5 Å². The molecule has 1 fully saturated rings. The van der Waals surface area contributed by atoms with Crippen LogP contribution in [0, 0.1) is 0 Å². The number of amides is 2. The number of carbonyl (C=O) groups is 2. The number of nitrogens with two attached hydrogens (primary N) is 1. The predicted octanol–water partition coefficient (Wildman–Crippen LogP) is 2.24. The first-order valence-electron chi connectivity index (χ1n) is 8.61. The summed E-state index contributed by atoms with van der Waals surface area (Å²) in [4.78, 5) is 26.0. The number of benzene rings is 2. The largest absolute Gasteiger partial charge is 0.368 e. The molecule has 0 aliphatic carbocycles. The SMILES string of the molecule is NC(=O)C(NCc1ccc(C(=O)N2CCCC2)cc1)c1ccccc1. The van der Waals surface area contributed by atoms with Crippen molar-refractivity contribution in [3.63, 3.8) is 0 Å². The van der Waals surface area contributed by atoms with E-state index in [0.29, 0.717) is 12.1 Å². The van der Waals surface area contributed by atoms with Gasteiger partial charge in [-0.3, -0.25) is 14.9 Å². The smallest absolute Gasteiger partial charge is 0.253 e. The van der Waals surface area contributed by atoms with E-state index in [1.807, 2.05) is 59.5 Å². The third-order valence-electron chi connectivity index (χ3n) is 4.52. The van der Waals surface area contributed by atoms with Crippen LogP contribution in [-0.2, 0) is 11.3 Å². The Morgan fingerprint density at radius 2 is 1.64 bits per heavy atom. The summed E-state index contributed by atoms with van der Waals surface area (Å²) in [5.74, 6) is -0.316. The number of nitrogens with one attached hydrogen (secondary N) is 1. The number of likely N-dealkylation sites (tertiary alicyclic amines) is 1. The van der Waals surface area contributed by atoms with Gasteiger partial charge in [0.15, 0.2) is 0 Å². The molecule has 0 bridgehead atoms. The Labute approximate surface area is 147 Å². The van der Waals surface area contributed by atoms with Crippen molar-refractivity contribution in [1.82, 2.24) is 10.2 Å². The zero-order chi connectivity index (χ0) is 17.6. The number of carbonyl (C=O) groups excluding carboxylic acids is 2.